The minimum atomic E-state index is 0.710. The molecule has 0 bridgehead atoms. The first kappa shape index (κ1) is 20.3. The van der Waals surface area contributed by atoms with Gasteiger partial charge in [-0.25, -0.2) is 0 Å². The first-order chi connectivity index (χ1) is 15.1. The topological polar surface area (TPSA) is 101 Å². The number of hydrogen-bond donors (Lipinski definition) is 4. The van der Waals surface area contributed by atoms with E-state index in [4.69, 9.17) is 11.5 Å². The van der Waals surface area contributed by atoms with Crippen molar-refractivity contribution in [1.29, 1.82) is 0 Å². The van der Waals surface area contributed by atoms with Crippen LogP contribution in [0.1, 0.15) is 0 Å². The van der Waals surface area contributed by atoms with E-state index in [0.29, 0.717) is 5.69 Å². The highest BCUT2D eigenvalue weighted by Crippen LogP contribution is 2.30. The van der Waals surface area contributed by atoms with Crippen molar-refractivity contribution in [1.82, 2.24) is 0 Å². The summed E-state index contributed by atoms with van der Waals surface area (Å²) in [5.74, 6) is 0. The van der Waals surface area contributed by atoms with E-state index in [0.717, 1.165) is 38.2 Å². The van der Waals surface area contributed by atoms with Gasteiger partial charge in [0.05, 0.1) is 22.7 Å². The number of nitrogens with one attached hydrogen (secondary N) is 2. The summed E-state index contributed by atoms with van der Waals surface area (Å²) in [6, 6.07) is 31.0. The Labute approximate surface area is 185 Å². The molecule has 4 aromatic rings. The van der Waals surface area contributed by atoms with Crippen LogP contribution in [0.25, 0.3) is 0 Å². The summed E-state index contributed by atoms with van der Waals surface area (Å²) in [6.07, 6.45) is 0. The molecule has 0 aliphatic rings. The molecule has 0 saturated heterocycles. The number of nitrogens with two attached hydrogens (primary N) is 2. The number of rotatable bonds is 7. The Morgan fingerprint density at radius 3 is 1.32 bits per heavy atom. The van der Waals surface area contributed by atoms with E-state index in [1.807, 2.05) is 84.9 Å². The lowest BCUT2D eigenvalue weighted by Gasteiger charge is -2.10. The summed E-state index contributed by atoms with van der Waals surface area (Å²) in [5.41, 5.74) is 22.7. The van der Waals surface area contributed by atoms with Crippen molar-refractivity contribution in [2.75, 3.05) is 22.3 Å². The zero-order valence-corrected chi connectivity index (χ0v) is 17.5. The SMILES string of the molecule is Nc1ccc(N=Nc2ccc(Sc3ccc(NNc4ccc(N)cc4)cc3)cc2)cc1. The lowest BCUT2D eigenvalue weighted by atomic mass is 10.3. The van der Waals surface area contributed by atoms with Gasteiger partial charge in [0, 0.05) is 21.2 Å². The zero-order chi connectivity index (χ0) is 21.5. The molecular formula is C24H22N6S. The van der Waals surface area contributed by atoms with Crippen LogP contribution in [0.4, 0.5) is 34.1 Å². The number of hydrazine groups is 1. The summed E-state index contributed by atoms with van der Waals surface area (Å²) < 4.78 is 0. The molecule has 0 amide bonds. The van der Waals surface area contributed by atoms with E-state index in [1.54, 1.807) is 11.8 Å². The summed E-state index contributed by atoms with van der Waals surface area (Å²) in [4.78, 5) is 2.28. The number of hydrogen-bond acceptors (Lipinski definition) is 7. The third kappa shape index (κ3) is 6.01. The third-order valence-electron chi connectivity index (χ3n) is 4.36. The predicted molar refractivity (Wildman–Crippen MR) is 130 cm³/mol. The predicted octanol–water partition coefficient (Wildman–Crippen LogP) is 6.86. The highest BCUT2D eigenvalue weighted by molar-refractivity contribution is 7.99. The molecule has 4 rings (SSSR count). The Bertz CT molecular complexity index is 1140. The van der Waals surface area contributed by atoms with E-state index in [-0.39, 0.29) is 0 Å². The van der Waals surface area contributed by atoms with Gasteiger partial charge < -0.3 is 22.3 Å². The number of nitrogens with zero attached hydrogens (tertiary/aromatic N) is 2. The van der Waals surface area contributed by atoms with Gasteiger partial charge in [-0.3, -0.25) is 0 Å². The molecule has 0 saturated carbocycles. The average Bonchev–Trinajstić information content (AvgIpc) is 2.80. The van der Waals surface area contributed by atoms with Gasteiger partial charge in [0.2, 0.25) is 0 Å². The summed E-state index contributed by atoms with van der Waals surface area (Å²) in [7, 11) is 0. The molecule has 0 spiro atoms. The molecule has 0 atom stereocenters. The number of anilines is 4. The van der Waals surface area contributed by atoms with Crippen molar-refractivity contribution >= 4 is 45.9 Å². The minimum Gasteiger partial charge on any atom is -0.399 e. The first-order valence-electron chi connectivity index (χ1n) is 9.67. The van der Waals surface area contributed by atoms with Crippen LogP contribution in [-0.2, 0) is 0 Å². The molecule has 4 aromatic carbocycles. The fraction of sp³-hybridized carbons (Fsp3) is 0. The van der Waals surface area contributed by atoms with Crippen LogP contribution < -0.4 is 22.3 Å². The van der Waals surface area contributed by atoms with Crippen LogP contribution in [0, 0.1) is 0 Å². The highest BCUT2D eigenvalue weighted by Gasteiger charge is 2.00. The van der Waals surface area contributed by atoms with E-state index < -0.39 is 0 Å². The van der Waals surface area contributed by atoms with Crippen LogP contribution in [0.5, 0.6) is 0 Å². The van der Waals surface area contributed by atoms with Gasteiger partial charge in [-0.05, 0) is 97.1 Å². The fourth-order valence-corrected chi connectivity index (χ4v) is 3.51. The molecule has 6 nitrogen and oxygen atoms in total. The highest BCUT2D eigenvalue weighted by atomic mass is 32.2. The third-order valence-corrected chi connectivity index (χ3v) is 5.38. The van der Waals surface area contributed by atoms with Crippen LogP contribution in [0.15, 0.2) is 117 Å². The molecule has 0 fully saturated rings. The molecular weight excluding hydrogens is 404 g/mol. The van der Waals surface area contributed by atoms with E-state index in [2.05, 4.69) is 33.2 Å². The number of benzene rings is 4. The van der Waals surface area contributed by atoms with E-state index in [9.17, 15) is 0 Å². The van der Waals surface area contributed by atoms with E-state index >= 15 is 0 Å². The van der Waals surface area contributed by atoms with Crippen LogP contribution >= 0.6 is 11.8 Å². The monoisotopic (exact) mass is 426 g/mol. The van der Waals surface area contributed by atoms with Crippen molar-refractivity contribution in [2.45, 2.75) is 9.79 Å². The molecule has 0 aliphatic carbocycles. The van der Waals surface area contributed by atoms with Gasteiger partial charge in [-0.1, -0.05) is 11.8 Å². The summed E-state index contributed by atoms with van der Waals surface area (Å²) in [5, 5.41) is 8.50. The van der Waals surface area contributed by atoms with Crippen LogP contribution in [0.2, 0.25) is 0 Å². The van der Waals surface area contributed by atoms with Crippen molar-refractivity contribution in [3.8, 4) is 0 Å². The van der Waals surface area contributed by atoms with Gasteiger partial charge in [-0.15, -0.1) is 0 Å². The lowest BCUT2D eigenvalue weighted by molar-refractivity contribution is 1.22. The van der Waals surface area contributed by atoms with Crippen molar-refractivity contribution < 1.29 is 0 Å². The zero-order valence-electron chi connectivity index (χ0n) is 16.7. The van der Waals surface area contributed by atoms with Crippen LogP contribution in [-0.4, -0.2) is 0 Å². The Balaban J connectivity index is 1.31. The maximum absolute atomic E-state index is 5.70. The number of nitrogen functional groups attached to an aromatic ring is 2. The van der Waals surface area contributed by atoms with Crippen molar-refractivity contribution in [3.05, 3.63) is 97.1 Å². The van der Waals surface area contributed by atoms with Gasteiger partial charge in [0.15, 0.2) is 0 Å². The molecule has 0 aromatic heterocycles. The van der Waals surface area contributed by atoms with Gasteiger partial charge in [0.1, 0.15) is 0 Å². The summed E-state index contributed by atoms with van der Waals surface area (Å²) >= 11 is 1.69. The Morgan fingerprint density at radius 1 is 0.484 bits per heavy atom. The molecule has 0 unspecified atom stereocenters. The summed E-state index contributed by atoms with van der Waals surface area (Å²) in [6.45, 7) is 0. The largest absolute Gasteiger partial charge is 0.399 e. The standard InChI is InChI=1S/C24H22N6S/c25-17-1-5-19(6-2-17)27-29-21-9-13-23(14-10-21)31-24-15-11-22(12-16-24)30-28-20-7-3-18(26)4-8-20/h1-16,27,29H,25-26H2. The average molecular weight is 427 g/mol. The molecule has 6 N–H and O–H groups in total. The molecule has 0 heterocycles. The van der Waals surface area contributed by atoms with E-state index in [1.165, 1.54) is 0 Å². The maximum atomic E-state index is 5.70. The molecule has 31 heavy (non-hydrogen) atoms. The van der Waals surface area contributed by atoms with Gasteiger partial charge in [-0.2, -0.15) is 10.2 Å². The molecule has 0 radical (unpaired) electrons. The second-order valence-corrected chi connectivity index (χ2v) is 7.93. The normalized spacial score (nSPS) is 10.8. The maximum Gasteiger partial charge on any atom is 0.0858 e. The fourth-order valence-electron chi connectivity index (χ4n) is 2.69. The first-order valence-corrected chi connectivity index (χ1v) is 10.5. The Kier molecular flexibility index (Phi) is 6.35. The molecule has 154 valence electrons. The molecule has 0 aliphatic heterocycles. The Hall–Kier alpha value is -3.97. The van der Waals surface area contributed by atoms with Crippen molar-refractivity contribution in [3.63, 3.8) is 0 Å². The number of azo groups is 1. The minimum absolute atomic E-state index is 0.710. The van der Waals surface area contributed by atoms with Crippen molar-refractivity contribution in [2.24, 2.45) is 10.2 Å². The Morgan fingerprint density at radius 2 is 0.839 bits per heavy atom. The van der Waals surface area contributed by atoms with Crippen LogP contribution in [0.3, 0.4) is 0 Å². The quantitative estimate of drug-likeness (QED) is 0.147. The molecule has 7 heteroatoms. The van der Waals surface area contributed by atoms with Gasteiger partial charge in [0.25, 0.3) is 0 Å². The van der Waals surface area contributed by atoms with Gasteiger partial charge >= 0.3 is 0 Å². The second kappa shape index (κ2) is 9.69. The second-order valence-electron chi connectivity index (χ2n) is 6.78. The lowest BCUT2D eigenvalue weighted by Crippen LogP contribution is -2.08. The smallest absolute Gasteiger partial charge is 0.0858 e.